The van der Waals surface area contributed by atoms with Crippen LogP contribution in [0.5, 0.6) is 17.5 Å². The molecule has 0 fully saturated rings. The Morgan fingerprint density at radius 2 is 1.78 bits per heavy atom. The maximum absolute atomic E-state index is 11.2. The predicted molar refractivity (Wildman–Crippen MR) is 136 cm³/mol. The number of fused-ring (bicyclic) bond motifs is 1. The van der Waals surface area contributed by atoms with E-state index in [2.05, 4.69) is 21.9 Å². The first-order valence-corrected chi connectivity index (χ1v) is 11.9. The number of carbonyl (C=O) groups is 1. The largest absolute Gasteiger partial charge is 0.493 e. The molecule has 36 heavy (non-hydrogen) atoms. The van der Waals surface area contributed by atoms with Crippen molar-refractivity contribution in [1.82, 2.24) is 14.9 Å². The second kappa shape index (κ2) is 12.4. The molecule has 9 nitrogen and oxygen atoms in total. The monoisotopic (exact) mass is 490 g/mol. The second-order valence-electron chi connectivity index (χ2n) is 8.26. The Morgan fingerprint density at radius 3 is 2.50 bits per heavy atom. The van der Waals surface area contributed by atoms with Crippen LogP contribution in [0.4, 0.5) is 16.2 Å². The molecule has 0 radical (unpaired) electrons. The molecule has 0 unspecified atom stereocenters. The van der Waals surface area contributed by atoms with Crippen molar-refractivity contribution in [3.8, 4) is 17.5 Å². The predicted octanol–water partition coefficient (Wildman–Crippen LogP) is 5.06. The third kappa shape index (κ3) is 6.88. The Morgan fingerprint density at radius 1 is 1.03 bits per heavy atom. The average molecular weight is 491 g/mol. The van der Waals surface area contributed by atoms with Gasteiger partial charge in [0, 0.05) is 24.3 Å². The van der Waals surface area contributed by atoms with Gasteiger partial charge in [-0.25, -0.2) is 14.8 Å². The highest BCUT2D eigenvalue weighted by atomic mass is 16.5. The molecule has 4 rings (SSSR count). The zero-order chi connectivity index (χ0) is 25.2. The van der Waals surface area contributed by atoms with Gasteiger partial charge in [0.05, 0.1) is 31.3 Å². The maximum Gasteiger partial charge on any atom is 0.407 e. The summed E-state index contributed by atoms with van der Waals surface area (Å²) in [6.45, 7) is 6.05. The quantitative estimate of drug-likeness (QED) is 0.268. The van der Waals surface area contributed by atoms with Crippen LogP contribution in [0.25, 0.3) is 0 Å². The molecule has 1 aliphatic heterocycles. The van der Waals surface area contributed by atoms with E-state index in [1.54, 1.807) is 18.5 Å². The molecule has 2 N–H and O–H groups in total. The van der Waals surface area contributed by atoms with Crippen molar-refractivity contribution in [1.29, 1.82) is 0 Å². The summed E-state index contributed by atoms with van der Waals surface area (Å²) < 4.78 is 17.1. The van der Waals surface area contributed by atoms with E-state index >= 15 is 0 Å². The van der Waals surface area contributed by atoms with Gasteiger partial charge in [0.15, 0.2) is 0 Å². The summed E-state index contributed by atoms with van der Waals surface area (Å²) in [5.41, 5.74) is 3.77. The summed E-state index contributed by atoms with van der Waals surface area (Å²) in [6, 6.07) is 13.7. The molecular weight excluding hydrogens is 460 g/mol. The molecule has 1 amide bonds. The molecular formula is C27H30N4O5. The summed E-state index contributed by atoms with van der Waals surface area (Å²) >= 11 is 0. The van der Waals surface area contributed by atoms with Crippen LogP contribution < -0.4 is 19.5 Å². The standard InChI is InChI=1S/C27H30N4O5/c1-2-14-34-23-10-8-21(9-11-23)30-22-17-28-26(29-18-22)36-16-4-3-15-35-25-7-5-6-20-19-31(27(32)33)13-12-24(20)25/h2,5-11,17-18,30H,1,3-4,12-16,19H2,(H,32,33). The molecule has 9 heteroatoms. The Kier molecular flexibility index (Phi) is 8.58. The normalized spacial score (nSPS) is 12.4. The number of ether oxygens (including phenoxy) is 3. The molecule has 0 bridgehead atoms. The minimum atomic E-state index is -0.887. The molecule has 1 aliphatic rings. The van der Waals surface area contributed by atoms with E-state index in [1.807, 2.05) is 42.5 Å². The van der Waals surface area contributed by atoms with Gasteiger partial charge in [0.2, 0.25) is 0 Å². The van der Waals surface area contributed by atoms with Crippen molar-refractivity contribution >= 4 is 17.5 Å². The van der Waals surface area contributed by atoms with Crippen molar-refractivity contribution in [2.24, 2.45) is 0 Å². The summed E-state index contributed by atoms with van der Waals surface area (Å²) in [7, 11) is 0. The van der Waals surface area contributed by atoms with Crippen LogP contribution >= 0.6 is 0 Å². The number of benzene rings is 2. The highest BCUT2D eigenvalue weighted by Gasteiger charge is 2.22. The fraction of sp³-hybridized carbons (Fsp3) is 0.296. The highest BCUT2D eigenvalue weighted by Crippen LogP contribution is 2.28. The molecule has 2 aromatic carbocycles. The van der Waals surface area contributed by atoms with E-state index in [1.165, 1.54) is 4.90 Å². The number of unbranched alkanes of at least 4 members (excludes halogenated alkanes) is 1. The fourth-order valence-electron chi connectivity index (χ4n) is 3.83. The molecule has 2 heterocycles. The molecule has 0 saturated carbocycles. The van der Waals surface area contributed by atoms with Crippen LogP contribution in [-0.4, -0.2) is 52.4 Å². The van der Waals surface area contributed by atoms with Crippen molar-refractivity contribution in [2.75, 3.05) is 31.7 Å². The Hall–Kier alpha value is -4.27. The van der Waals surface area contributed by atoms with Gasteiger partial charge < -0.3 is 29.5 Å². The van der Waals surface area contributed by atoms with Crippen molar-refractivity contribution in [2.45, 2.75) is 25.8 Å². The number of anilines is 2. The molecule has 188 valence electrons. The molecule has 3 aromatic rings. The number of amides is 1. The molecule has 0 spiro atoms. The SMILES string of the molecule is C=CCOc1ccc(Nc2cnc(OCCCCOc3cccc4c3CCN(C(=O)O)C4)nc2)cc1. The topological polar surface area (TPSA) is 106 Å². The Balaban J connectivity index is 1.15. The third-order valence-electron chi connectivity index (χ3n) is 5.66. The van der Waals surface area contributed by atoms with Crippen molar-refractivity contribution < 1.29 is 24.1 Å². The van der Waals surface area contributed by atoms with Gasteiger partial charge >= 0.3 is 12.1 Å². The number of nitrogens with one attached hydrogen (secondary N) is 1. The van der Waals surface area contributed by atoms with Crippen LogP contribution in [0, 0.1) is 0 Å². The van der Waals surface area contributed by atoms with Gasteiger partial charge in [-0.1, -0.05) is 24.8 Å². The van der Waals surface area contributed by atoms with E-state index in [9.17, 15) is 9.90 Å². The lowest BCUT2D eigenvalue weighted by atomic mass is 9.99. The van der Waals surface area contributed by atoms with Crippen LogP contribution in [-0.2, 0) is 13.0 Å². The summed E-state index contributed by atoms with van der Waals surface area (Å²) in [5.74, 6) is 1.62. The van der Waals surface area contributed by atoms with E-state index in [4.69, 9.17) is 14.2 Å². The van der Waals surface area contributed by atoms with Crippen LogP contribution in [0.15, 0.2) is 67.5 Å². The average Bonchev–Trinajstić information content (AvgIpc) is 2.91. The summed E-state index contributed by atoms with van der Waals surface area (Å²) in [6.07, 6.45) is 6.45. The third-order valence-corrected chi connectivity index (χ3v) is 5.66. The van der Waals surface area contributed by atoms with Crippen LogP contribution in [0.3, 0.4) is 0 Å². The lowest BCUT2D eigenvalue weighted by molar-refractivity contribution is 0.139. The Labute approximate surface area is 210 Å². The van der Waals surface area contributed by atoms with Gasteiger partial charge in [-0.05, 0) is 55.2 Å². The number of carboxylic acid groups (broad SMARTS) is 1. The van der Waals surface area contributed by atoms with Crippen molar-refractivity contribution in [3.63, 3.8) is 0 Å². The minimum Gasteiger partial charge on any atom is -0.493 e. The number of rotatable bonds is 12. The van der Waals surface area contributed by atoms with Gasteiger partial charge in [-0.15, -0.1) is 0 Å². The maximum atomic E-state index is 11.2. The minimum absolute atomic E-state index is 0.328. The van der Waals surface area contributed by atoms with E-state index in [-0.39, 0.29) is 0 Å². The van der Waals surface area contributed by atoms with Crippen molar-refractivity contribution in [3.05, 3.63) is 78.6 Å². The Bertz CT molecular complexity index is 1150. The molecule has 1 aromatic heterocycles. The number of nitrogens with zero attached hydrogens (tertiary/aromatic N) is 3. The molecule has 0 saturated heterocycles. The lowest BCUT2D eigenvalue weighted by Crippen LogP contribution is -2.34. The zero-order valence-corrected chi connectivity index (χ0v) is 20.1. The molecule has 0 aliphatic carbocycles. The first-order chi connectivity index (χ1) is 17.6. The smallest absolute Gasteiger partial charge is 0.407 e. The zero-order valence-electron chi connectivity index (χ0n) is 20.1. The van der Waals surface area contributed by atoms with Gasteiger partial charge in [0.1, 0.15) is 18.1 Å². The van der Waals surface area contributed by atoms with Gasteiger partial charge in [-0.2, -0.15) is 0 Å². The first-order valence-electron chi connectivity index (χ1n) is 11.9. The van der Waals surface area contributed by atoms with Crippen LogP contribution in [0.1, 0.15) is 24.0 Å². The number of aromatic nitrogens is 2. The number of hydrogen-bond acceptors (Lipinski definition) is 7. The van der Waals surface area contributed by atoms with Gasteiger partial charge in [0.25, 0.3) is 0 Å². The fourth-order valence-corrected chi connectivity index (χ4v) is 3.83. The summed E-state index contributed by atoms with van der Waals surface area (Å²) in [5, 5.41) is 12.4. The van der Waals surface area contributed by atoms with E-state index < -0.39 is 6.09 Å². The first kappa shape index (κ1) is 24.8. The van der Waals surface area contributed by atoms with E-state index in [0.717, 1.165) is 46.8 Å². The highest BCUT2D eigenvalue weighted by molar-refractivity contribution is 5.66. The second-order valence-corrected chi connectivity index (χ2v) is 8.26. The summed E-state index contributed by atoms with van der Waals surface area (Å²) in [4.78, 5) is 21.2. The molecule has 0 atom stereocenters. The van der Waals surface area contributed by atoms with E-state index in [0.29, 0.717) is 45.3 Å². The number of hydrogen-bond donors (Lipinski definition) is 2. The lowest BCUT2D eigenvalue weighted by Gasteiger charge is -2.27. The van der Waals surface area contributed by atoms with Gasteiger partial charge in [-0.3, -0.25) is 0 Å². The van der Waals surface area contributed by atoms with Crippen LogP contribution in [0.2, 0.25) is 0 Å².